The number of rotatable bonds is 1. The molecule has 2 rings (SSSR count). The fourth-order valence-electron chi connectivity index (χ4n) is 1.43. The second-order valence-electron chi connectivity index (χ2n) is 2.80. The van der Waals surface area contributed by atoms with Crippen LogP contribution >= 0.6 is 15.9 Å². The molecule has 0 unspecified atom stereocenters. The standard InChI is InChI=1S/C10H9BrO/c1-12-8-5-7-3-2-4-10(11)9(7)6-8/h2-5H,6H2,1H3. The van der Waals surface area contributed by atoms with Gasteiger partial charge in [0.05, 0.1) is 7.11 Å². The summed E-state index contributed by atoms with van der Waals surface area (Å²) >= 11 is 3.52. The lowest BCUT2D eigenvalue weighted by Gasteiger charge is -2.01. The third kappa shape index (κ3) is 1.16. The summed E-state index contributed by atoms with van der Waals surface area (Å²) in [4.78, 5) is 0. The first-order chi connectivity index (χ1) is 5.81. The Morgan fingerprint density at radius 3 is 2.92 bits per heavy atom. The SMILES string of the molecule is COC1=Cc2cccc(Br)c2C1. The topological polar surface area (TPSA) is 9.23 Å². The fraction of sp³-hybridized carbons (Fsp3) is 0.200. The summed E-state index contributed by atoms with van der Waals surface area (Å²) in [7, 11) is 1.71. The number of allylic oxidation sites excluding steroid dienone is 1. The van der Waals surface area contributed by atoms with E-state index in [1.54, 1.807) is 7.11 Å². The van der Waals surface area contributed by atoms with Gasteiger partial charge >= 0.3 is 0 Å². The Morgan fingerprint density at radius 2 is 2.25 bits per heavy atom. The third-order valence-electron chi connectivity index (χ3n) is 2.08. The predicted molar refractivity (Wildman–Crippen MR) is 52.8 cm³/mol. The highest BCUT2D eigenvalue weighted by molar-refractivity contribution is 9.10. The number of benzene rings is 1. The Balaban J connectivity index is 2.45. The maximum atomic E-state index is 5.19. The number of halogens is 1. The summed E-state index contributed by atoms with van der Waals surface area (Å²) in [5.74, 6) is 1.04. The minimum atomic E-state index is 0.910. The summed E-state index contributed by atoms with van der Waals surface area (Å²) in [5, 5.41) is 0. The van der Waals surface area contributed by atoms with Crippen molar-refractivity contribution < 1.29 is 4.74 Å². The number of methoxy groups -OCH3 is 1. The first kappa shape index (κ1) is 7.87. The van der Waals surface area contributed by atoms with Gasteiger partial charge in [-0.1, -0.05) is 28.1 Å². The second kappa shape index (κ2) is 2.94. The van der Waals surface area contributed by atoms with Crippen LogP contribution in [0.25, 0.3) is 6.08 Å². The molecule has 0 amide bonds. The van der Waals surface area contributed by atoms with E-state index in [0.717, 1.165) is 12.2 Å². The van der Waals surface area contributed by atoms with Gasteiger partial charge in [-0.15, -0.1) is 0 Å². The van der Waals surface area contributed by atoms with Gasteiger partial charge in [-0.3, -0.25) is 0 Å². The van der Waals surface area contributed by atoms with E-state index in [-0.39, 0.29) is 0 Å². The van der Waals surface area contributed by atoms with Crippen molar-refractivity contribution in [3.8, 4) is 0 Å². The van der Waals surface area contributed by atoms with Crippen LogP contribution in [0, 0.1) is 0 Å². The largest absolute Gasteiger partial charge is 0.501 e. The van der Waals surface area contributed by atoms with Crippen molar-refractivity contribution in [2.24, 2.45) is 0 Å². The average Bonchev–Trinajstić information content (AvgIpc) is 2.49. The van der Waals surface area contributed by atoms with Crippen molar-refractivity contribution in [2.75, 3.05) is 7.11 Å². The second-order valence-corrected chi connectivity index (χ2v) is 3.65. The van der Waals surface area contributed by atoms with Crippen LogP contribution in [0.15, 0.2) is 28.4 Å². The summed E-state index contributed by atoms with van der Waals surface area (Å²) in [6.07, 6.45) is 2.99. The van der Waals surface area contributed by atoms with E-state index >= 15 is 0 Å². The van der Waals surface area contributed by atoms with E-state index in [0.29, 0.717) is 0 Å². The highest BCUT2D eigenvalue weighted by atomic mass is 79.9. The summed E-state index contributed by atoms with van der Waals surface area (Å²) in [6, 6.07) is 6.20. The number of fused-ring (bicyclic) bond motifs is 1. The van der Waals surface area contributed by atoms with E-state index in [1.807, 2.05) is 6.07 Å². The zero-order valence-corrected chi connectivity index (χ0v) is 8.39. The van der Waals surface area contributed by atoms with Crippen LogP contribution < -0.4 is 0 Å². The van der Waals surface area contributed by atoms with E-state index in [1.165, 1.54) is 15.6 Å². The number of hydrogen-bond donors (Lipinski definition) is 0. The van der Waals surface area contributed by atoms with Crippen LogP contribution in [-0.2, 0) is 11.2 Å². The van der Waals surface area contributed by atoms with E-state index in [2.05, 4.69) is 34.1 Å². The molecule has 1 nitrogen and oxygen atoms in total. The smallest absolute Gasteiger partial charge is 0.101 e. The molecular weight excluding hydrogens is 216 g/mol. The molecule has 62 valence electrons. The fourth-order valence-corrected chi connectivity index (χ4v) is 1.95. The number of ether oxygens (including phenoxy) is 1. The van der Waals surface area contributed by atoms with Gasteiger partial charge in [0.25, 0.3) is 0 Å². The molecule has 0 saturated carbocycles. The molecule has 1 aliphatic rings. The maximum absolute atomic E-state index is 5.19. The lowest BCUT2D eigenvalue weighted by Crippen LogP contribution is -1.87. The first-order valence-electron chi connectivity index (χ1n) is 3.83. The highest BCUT2D eigenvalue weighted by Gasteiger charge is 2.14. The molecule has 0 radical (unpaired) electrons. The van der Waals surface area contributed by atoms with Gasteiger partial charge in [0, 0.05) is 10.9 Å². The summed E-state index contributed by atoms with van der Waals surface area (Å²) < 4.78 is 6.36. The van der Waals surface area contributed by atoms with Crippen molar-refractivity contribution in [3.05, 3.63) is 39.6 Å². The molecule has 0 bridgehead atoms. The van der Waals surface area contributed by atoms with Crippen LogP contribution in [-0.4, -0.2) is 7.11 Å². The van der Waals surface area contributed by atoms with Gasteiger partial charge in [-0.05, 0) is 23.3 Å². The molecule has 0 spiro atoms. The van der Waals surface area contributed by atoms with Gasteiger partial charge in [-0.25, -0.2) is 0 Å². The molecule has 0 heterocycles. The normalized spacial score (nSPS) is 14.0. The summed E-state index contributed by atoms with van der Waals surface area (Å²) in [6.45, 7) is 0. The van der Waals surface area contributed by atoms with Gasteiger partial charge < -0.3 is 4.74 Å². The van der Waals surface area contributed by atoms with Gasteiger partial charge in [0.1, 0.15) is 5.76 Å². The van der Waals surface area contributed by atoms with Crippen molar-refractivity contribution in [3.63, 3.8) is 0 Å². The van der Waals surface area contributed by atoms with Crippen molar-refractivity contribution in [2.45, 2.75) is 6.42 Å². The Kier molecular flexibility index (Phi) is 1.93. The van der Waals surface area contributed by atoms with Crippen LogP contribution in [0.3, 0.4) is 0 Å². The molecule has 0 N–H and O–H groups in total. The lowest BCUT2D eigenvalue weighted by molar-refractivity contribution is 0.289. The highest BCUT2D eigenvalue weighted by Crippen LogP contribution is 2.30. The van der Waals surface area contributed by atoms with Crippen molar-refractivity contribution >= 4 is 22.0 Å². The third-order valence-corrected chi connectivity index (χ3v) is 2.83. The minimum absolute atomic E-state index is 0.910. The molecule has 0 saturated heterocycles. The zero-order chi connectivity index (χ0) is 8.55. The van der Waals surface area contributed by atoms with Gasteiger partial charge in [0.2, 0.25) is 0 Å². The molecule has 0 aliphatic heterocycles. The van der Waals surface area contributed by atoms with Crippen molar-refractivity contribution in [1.82, 2.24) is 0 Å². The lowest BCUT2D eigenvalue weighted by atomic mass is 10.1. The molecule has 1 aromatic carbocycles. The zero-order valence-electron chi connectivity index (χ0n) is 6.80. The van der Waals surface area contributed by atoms with E-state index < -0.39 is 0 Å². The van der Waals surface area contributed by atoms with Gasteiger partial charge in [-0.2, -0.15) is 0 Å². The molecule has 1 aromatic rings. The Morgan fingerprint density at radius 1 is 1.42 bits per heavy atom. The predicted octanol–water partition coefficient (Wildman–Crippen LogP) is 2.99. The minimum Gasteiger partial charge on any atom is -0.501 e. The quantitative estimate of drug-likeness (QED) is 0.713. The van der Waals surface area contributed by atoms with E-state index in [9.17, 15) is 0 Å². The van der Waals surface area contributed by atoms with Crippen LogP contribution in [0.2, 0.25) is 0 Å². The van der Waals surface area contributed by atoms with E-state index in [4.69, 9.17) is 4.74 Å². The Labute approximate surface area is 80.2 Å². The first-order valence-corrected chi connectivity index (χ1v) is 4.62. The molecule has 2 heteroatoms. The van der Waals surface area contributed by atoms with Gasteiger partial charge in [0.15, 0.2) is 0 Å². The maximum Gasteiger partial charge on any atom is 0.101 e. The summed E-state index contributed by atoms with van der Waals surface area (Å²) in [5.41, 5.74) is 2.59. The number of hydrogen-bond acceptors (Lipinski definition) is 1. The van der Waals surface area contributed by atoms with Crippen LogP contribution in [0.1, 0.15) is 11.1 Å². The monoisotopic (exact) mass is 224 g/mol. The molecule has 12 heavy (non-hydrogen) atoms. The molecule has 1 aliphatic carbocycles. The Hall–Kier alpha value is -0.760. The Bertz CT molecular complexity index is 342. The molecular formula is C10H9BrO. The van der Waals surface area contributed by atoms with Crippen LogP contribution in [0.5, 0.6) is 0 Å². The molecule has 0 atom stereocenters. The average molecular weight is 225 g/mol. The molecule has 0 aromatic heterocycles. The van der Waals surface area contributed by atoms with Crippen LogP contribution in [0.4, 0.5) is 0 Å². The van der Waals surface area contributed by atoms with Crippen molar-refractivity contribution in [1.29, 1.82) is 0 Å². The molecule has 0 fully saturated rings.